The molecule has 1 atom stereocenters. The Morgan fingerprint density at radius 3 is 2.29 bits per heavy atom. The molecule has 0 radical (unpaired) electrons. The van der Waals surface area contributed by atoms with Crippen molar-refractivity contribution in [1.82, 2.24) is 15.0 Å². The van der Waals surface area contributed by atoms with Crippen molar-refractivity contribution in [3.8, 4) is 0 Å². The van der Waals surface area contributed by atoms with Crippen molar-refractivity contribution >= 4 is 11.9 Å². The van der Waals surface area contributed by atoms with Crippen LogP contribution in [0.1, 0.15) is 32.5 Å². The molecule has 0 fully saturated rings. The Balaban J connectivity index is 3.07. The fourth-order valence-electron chi connectivity index (χ4n) is 1.17. The monoisotopic (exact) mass is 235 g/mol. The van der Waals surface area contributed by atoms with E-state index in [1.54, 1.807) is 0 Å². The summed E-state index contributed by atoms with van der Waals surface area (Å²) in [6.07, 6.45) is 1.81. The standard InChI is InChI=1S/C12H21N5/c1-7-9(4)13-11-14-10(8(2)3)15-12(16-11)17(5)6/h7-9H,1H2,2-6H3,(H,13,14,15,16). The van der Waals surface area contributed by atoms with E-state index in [-0.39, 0.29) is 12.0 Å². The second kappa shape index (κ2) is 5.61. The number of hydrogen-bond acceptors (Lipinski definition) is 5. The fourth-order valence-corrected chi connectivity index (χ4v) is 1.17. The first-order chi connectivity index (χ1) is 7.93. The molecule has 0 saturated carbocycles. The zero-order valence-electron chi connectivity index (χ0n) is 11.2. The highest BCUT2D eigenvalue weighted by Gasteiger charge is 2.11. The molecule has 0 aliphatic heterocycles. The molecule has 0 aliphatic carbocycles. The lowest BCUT2D eigenvalue weighted by molar-refractivity contribution is 0.751. The van der Waals surface area contributed by atoms with Crippen molar-refractivity contribution < 1.29 is 0 Å². The minimum atomic E-state index is 0.132. The van der Waals surface area contributed by atoms with E-state index < -0.39 is 0 Å². The third-order valence-electron chi connectivity index (χ3n) is 2.27. The molecule has 0 aliphatic rings. The molecule has 1 N–H and O–H groups in total. The summed E-state index contributed by atoms with van der Waals surface area (Å²) >= 11 is 0. The minimum Gasteiger partial charge on any atom is -0.348 e. The lowest BCUT2D eigenvalue weighted by Gasteiger charge is -2.16. The molecule has 17 heavy (non-hydrogen) atoms. The summed E-state index contributed by atoms with van der Waals surface area (Å²) in [4.78, 5) is 15.0. The lowest BCUT2D eigenvalue weighted by atomic mass is 10.2. The third kappa shape index (κ3) is 3.69. The maximum absolute atomic E-state index is 4.40. The molecule has 94 valence electrons. The van der Waals surface area contributed by atoms with Crippen LogP contribution in [0, 0.1) is 0 Å². The Bertz CT molecular complexity index is 360. The summed E-state index contributed by atoms with van der Waals surface area (Å²) in [5, 5.41) is 3.18. The molecule has 1 aromatic heterocycles. The topological polar surface area (TPSA) is 53.9 Å². The van der Waals surface area contributed by atoms with Gasteiger partial charge in [0.05, 0.1) is 0 Å². The maximum atomic E-state index is 4.40. The van der Waals surface area contributed by atoms with Crippen molar-refractivity contribution in [3.63, 3.8) is 0 Å². The van der Waals surface area contributed by atoms with Crippen LogP contribution in [0.3, 0.4) is 0 Å². The van der Waals surface area contributed by atoms with Gasteiger partial charge in [-0.3, -0.25) is 0 Å². The van der Waals surface area contributed by atoms with Gasteiger partial charge in [0, 0.05) is 26.1 Å². The van der Waals surface area contributed by atoms with Gasteiger partial charge in [-0.1, -0.05) is 19.9 Å². The second-order valence-corrected chi connectivity index (χ2v) is 4.54. The Kier molecular flexibility index (Phi) is 4.43. The summed E-state index contributed by atoms with van der Waals surface area (Å²) < 4.78 is 0. The van der Waals surface area contributed by atoms with Crippen LogP contribution in [-0.2, 0) is 0 Å². The van der Waals surface area contributed by atoms with Crippen molar-refractivity contribution in [1.29, 1.82) is 0 Å². The Morgan fingerprint density at radius 2 is 1.82 bits per heavy atom. The molecular weight excluding hydrogens is 214 g/mol. The summed E-state index contributed by atoms with van der Waals surface area (Å²) in [5.41, 5.74) is 0. The molecule has 0 spiro atoms. The molecule has 5 nitrogen and oxygen atoms in total. The van der Waals surface area contributed by atoms with E-state index in [1.807, 2.05) is 32.0 Å². The molecule has 1 rings (SSSR count). The normalized spacial score (nSPS) is 12.4. The molecule has 0 saturated heterocycles. The Labute approximate surface area is 103 Å². The lowest BCUT2D eigenvalue weighted by Crippen LogP contribution is -2.20. The Morgan fingerprint density at radius 1 is 1.18 bits per heavy atom. The first kappa shape index (κ1) is 13.4. The fraction of sp³-hybridized carbons (Fsp3) is 0.583. The van der Waals surface area contributed by atoms with Gasteiger partial charge in [-0.05, 0) is 6.92 Å². The number of aromatic nitrogens is 3. The molecule has 0 amide bonds. The van der Waals surface area contributed by atoms with E-state index in [1.165, 1.54) is 0 Å². The highest BCUT2D eigenvalue weighted by molar-refractivity contribution is 5.37. The van der Waals surface area contributed by atoms with Gasteiger partial charge >= 0.3 is 0 Å². The molecule has 1 heterocycles. The molecule has 1 aromatic rings. The number of nitrogens with one attached hydrogen (secondary N) is 1. The van der Waals surface area contributed by atoms with Crippen LogP contribution in [0.15, 0.2) is 12.7 Å². The summed E-state index contributed by atoms with van der Waals surface area (Å²) in [6, 6.07) is 0.132. The second-order valence-electron chi connectivity index (χ2n) is 4.54. The van der Waals surface area contributed by atoms with E-state index in [9.17, 15) is 0 Å². The van der Waals surface area contributed by atoms with Gasteiger partial charge in [-0.15, -0.1) is 6.58 Å². The quantitative estimate of drug-likeness (QED) is 0.792. The number of hydrogen-bond donors (Lipinski definition) is 1. The zero-order valence-corrected chi connectivity index (χ0v) is 11.2. The minimum absolute atomic E-state index is 0.132. The van der Waals surface area contributed by atoms with Crippen molar-refractivity contribution in [3.05, 3.63) is 18.5 Å². The number of nitrogens with zero attached hydrogens (tertiary/aromatic N) is 4. The highest BCUT2D eigenvalue weighted by Crippen LogP contribution is 2.15. The molecule has 0 aromatic carbocycles. The smallest absolute Gasteiger partial charge is 0.229 e. The van der Waals surface area contributed by atoms with Gasteiger partial charge in [0.15, 0.2) is 0 Å². The van der Waals surface area contributed by atoms with Gasteiger partial charge in [-0.2, -0.15) is 15.0 Å². The largest absolute Gasteiger partial charge is 0.348 e. The van der Waals surface area contributed by atoms with E-state index >= 15 is 0 Å². The molecule has 5 heteroatoms. The van der Waals surface area contributed by atoms with Crippen LogP contribution in [-0.4, -0.2) is 35.1 Å². The SMILES string of the molecule is C=CC(C)Nc1nc(C(C)C)nc(N(C)C)n1. The van der Waals surface area contributed by atoms with Gasteiger partial charge in [0.25, 0.3) is 0 Å². The van der Waals surface area contributed by atoms with Crippen LogP contribution in [0.5, 0.6) is 0 Å². The molecular formula is C12H21N5. The Hall–Kier alpha value is -1.65. The third-order valence-corrected chi connectivity index (χ3v) is 2.27. The van der Waals surface area contributed by atoms with E-state index in [4.69, 9.17) is 0 Å². The van der Waals surface area contributed by atoms with Crippen LogP contribution >= 0.6 is 0 Å². The van der Waals surface area contributed by atoms with E-state index in [0.29, 0.717) is 11.9 Å². The predicted molar refractivity (Wildman–Crippen MR) is 71.5 cm³/mol. The van der Waals surface area contributed by atoms with Crippen LogP contribution < -0.4 is 10.2 Å². The zero-order chi connectivity index (χ0) is 13.0. The number of anilines is 2. The van der Waals surface area contributed by atoms with Gasteiger partial charge in [0.2, 0.25) is 11.9 Å². The van der Waals surface area contributed by atoms with Crippen molar-refractivity contribution in [2.24, 2.45) is 0 Å². The molecule has 0 bridgehead atoms. The average Bonchev–Trinajstić information content (AvgIpc) is 2.28. The van der Waals surface area contributed by atoms with Crippen LogP contribution in [0.2, 0.25) is 0 Å². The van der Waals surface area contributed by atoms with Gasteiger partial charge in [0.1, 0.15) is 5.82 Å². The first-order valence-corrected chi connectivity index (χ1v) is 5.76. The molecule has 1 unspecified atom stereocenters. The maximum Gasteiger partial charge on any atom is 0.229 e. The van der Waals surface area contributed by atoms with Crippen LogP contribution in [0.25, 0.3) is 0 Å². The van der Waals surface area contributed by atoms with E-state index in [0.717, 1.165) is 5.82 Å². The average molecular weight is 235 g/mol. The summed E-state index contributed by atoms with van der Waals surface area (Å²) in [7, 11) is 3.83. The summed E-state index contributed by atoms with van der Waals surface area (Å²) in [6.45, 7) is 9.86. The van der Waals surface area contributed by atoms with Gasteiger partial charge < -0.3 is 10.2 Å². The predicted octanol–water partition coefficient (Wildman–Crippen LogP) is 2.05. The van der Waals surface area contributed by atoms with Crippen LogP contribution in [0.4, 0.5) is 11.9 Å². The highest BCUT2D eigenvalue weighted by atomic mass is 15.3. The first-order valence-electron chi connectivity index (χ1n) is 5.76. The van der Waals surface area contributed by atoms with Crippen molar-refractivity contribution in [2.75, 3.05) is 24.3 Å². The van der Waals surface area contributed by atoms with Crippen molar-refractivity contribution in [2.45, 2.75) is 32.7 Å². The van der Waals surface area contributed by atoms with Gasteiger partial charge in [-0.25, -0.2) is 0 Å². The summed E-state index contributed by atoms with van der Waals surface area (Å²) in [5.74, 6) is 2.33. The number of rotatable bonds is 5. The van der Waals surface area contributed by atoms with E-state index in [2.05, 4.69) is 40.7 Å².